The van der Waals surface area contributed by atoms with Gasteiger partial charge in [-0.15, -0.1) is 11.3 Å². The molecule has 0 unspecified atom stereocenters. The molecule has 1 aromatic carbocycles. The second-order valence-corrected chi connectivity index (χ2v) is 8.58. The van der Waals surface area contributed by atoms with Gasteiger partial charge in [-0.3, -0.25) is 9.59 Å². The minimum absolute atomic E-state index is 0.192. The summed E-state index contributed by atoms with van der Waals surface area (Å²) < 4.78 is 0. The van der Waals surface area contributed by atoms with Gasteiger partial charge >= 0.3 is 0 Å². The highest BCUT2D eigenvalue weighted by atomic mass is 32.1. The maximum Gasteiger partial charge on any atom is 0.268 e. The number of amides is 2. The molecule has 2 aliphatic rings. The third-order valence-electron chi connectivity index (χ3n) is 5.77. The van der Waals surface area contributed by atoms with Gasteiger partial charge in [0.2, 0.25) is 0 Å². The van der Waals surface area contributed by atoms with Crippen LogP contribution in [0.15, 0.2) is 47.5 Å². The van der Waals surface area contributed by atoms with Gasteiger partial charge in [0.05, 0.1) is 0 Å². The summed E-state index contributed by atoms with van der Waals surface area (Å²) in [4.78, 5) is 26.7. The first-order valence-electron chi connectivity index (χ1n) is 9.53. The van der Waals surface area contributed by atoms with E-state index in [1.807, 2.05) is 42.6 Å². The maximum absolute atomic E-state index is 13.0. The Morgan fingerprint density at radius 2 is 1.96 bits per heavy atom. The van der Waals surface area contributed by atoms with Crippen molar-refractivity contribution in [2.24, 2.45) is 11.8 Å². The summed E-state index contributed by atoms with van der Waals surface area (Å²) in [5, 5.41) is 7.98. The van der Waals surface area contributed by atoms with Gasteiger partial charge in [-0.05, 0) is 67.2 Å². The molecule has 0 saturated heterocycles. The first-order chi connectivity index (χ1) is 13.1. The number of fused-ring (bicyclic) bond motifs is 2. The molecule has 1 aromatic heterocycles. The van der Waals surface area contributed by atoms with Crippen LogP contribution < -0.4 is 10.6 Å². The van der Waals surface area contributed by atoms with Crippen LogP contribution in [0.25, 0.3) is 6.08 Å². The summed E-state index contributed by atoms with van der Waals surface area (Å²) in [5.74, 6) is 0.905. The summed E-state index contributed by atoms with van der Waals surface area (Å²) in [6.45, 7) is 1.90. The summed E-state index contributed by atoms with van der Waals surface area (Å²) >= 11 is 1.54. The van der Waals surface area contributed by atoms with Gasteiger partial charge < -0.3 is 10.6 Å². The van der Waals surface area contributed by atoms with E-state index in [9.17, 15) is 9.59 Å². The zero-order valence-corrected chi connectivity index (χ0v) is 16.2. The molecule has 2 aliphatic carbocycles. The standard InChI is InChI=1S/C22H24N2O2S/c1-14-5-2-3-7-18(14)21(25)24-20(13-17-6-4-10-27-17)22(26)23-19-12-15-8-9-16(19)11-15/h2-7,10,13,15-16,19H,8-9,11-12H2,1H3,(H,23,26)(H,24,25)/b20-13-/t15-,16+,19+/m0/s1. The summed E-state index contributed by atoms with van der Waals surface area (Å²) in [5.41, 5.74) is 1.79. The Labute approximate surface area is 163 Å². The predicted octanol–water partition coefficient (Wildman–Crippen LogP) is 4.13. The molecule has 4 rings (SSSR count). The Balaban J connectivity index is 1.53. The number of hydrogen-bond donors (Lipinski definition) is 2. The molecule has 0 spiro atoms. The Morgan fingerprint density at radius 3 is 2.63 bits per heavy atom. The van der Waals surface area contributed by atoms with Crippen LogP contribution in [0.2, 0.25) is 0 Å². The zero-order valence-electron chi connectivity index (χ0n) is 15.4. The maximum atomic E-state index is 13.0. The van der Waals surface area contributed by atoms with Crippen molar-refractivity contribution in [3.63, 3.8) is 0 Å². The van der Waals surface area contributed by atoms with Crippen molar-refractivity contribution in [2.45, 2.75) is 38.6 Å². The molecule has 0 aliphatic heterocycles. The summed E-state index contributed by atoms with van der Waals surface area (Å²) in [6, 6.07) is 11.5. The molecule has 0 radical (unpaired) electrons. The highest BCUT2D eigenvalue weighted by Gasteiger charge is 2.40. The van der Waals surface area contributed by atoms with Crippen LogP contribution in [0, 0.1) is 18.8 Å². The number of benzene rings is 1. The van der Waals surface area contributed by atoms with E-state index in [4.69, 9.17) is 0 Å². The average molecular weight is 381 g/mol. The van der Waals surface area contributed by atoms with Gasteiger partial charge in [0.1, 0.15) is 5.70 Å². The number of hydrogen-bond acceptors (Lipinski definition) is 3. The second kappa shape index (κ2) is 7.69. The van der Waals surface area contributed by atoms with Crippen molar-refractivity contribution < 1.29 is 9.59 Å². The molecule has 2 amide bonds. The van der Waals surface area contributed by atoms with E-state index in [0.717, 1.165) is 22.8 Å². The van der Waals surface area contributed by atoms with Crippen LogP contribution >= 0.6 is 11.3 Å². The Hall–Kier alpha value is -2.40. The molecule has 2 fully saturated rings. The van der Waals surface area contributed by atoms with E-state index >= 15 is 0 Å². The average Bonchev–Trinajstić information content (AvgIpc) is 3.39. The Bertz CT molecular complexity index is 872. The highest BCUT2D eigenvalue weighted by molar-refractivity contribution is 7.10. The lowest BCUT2D eigenvalue weighted by Gasteiger charge is -2.23. The number of carbonyl (C=O) groups excluding carboxylic acids is 2. The lowest BCUT2D eigenvalue weighted by atomic mass is 9.95. The molecule has 4 nitrogen and oxygen atoms in total. The minimum Gasteiger partial charge on any atom is -0.348 e. The molecular formula is C22H24N2O2S. The molecule has 27 heavy (non-hydrogen) atoms. The normalized spacial score (nSPS) is 24.0. The minimum atomic E-state index is -0.251. The fourth-order valence-electron chi connectivity index (χ4n) is 4.36. The van der Waals surface area contributed by atoms with Crippen LogP contribution in [0.3, 0.4) is 0 Å². The number of carbonyl (C=O) groups is 2. The molecule has 2 bridgehead atoms. The van der Waals surface area contributed by atoms with Gasteiger partial charge in [0.25, 0.3) is 11.8 Å². The smallest absolute Gasteiger partial charge is 0.268 e. The van der Waals surface area contributed by atoms with E-state index in [0.29, 0.717) is 17.2 Å². The molecule has 1 heterocycles. The molecule has 2 saturated carbocycles. The summed E-state index contributed by atoms with van der Waals surface area (Å²) in [6.07, 6.45) is 6.55. The Morgan fingerprint density at radius 1 is 1.11 bits per heavy atom. The first-order valence-corrected chi connectivity index (χ1v) is 10.4. The second-order valence-electron chi connectivity index (χ2n) is 7.60. The number of rotatable bonds is 5. The fraction of sp³-hybridized carbons (Fsp3) is 0.364. The van der Waals surface area contributed by atoms with E-state index in [1.54, 1.807) is 23.5 Å². The molecule has 2 aromatic rings. The lowest BCUT2D eigenvalue weighted by molar-refractivity contribution is -0.118. The van der Waals surface area contributed by atoms with Crippen molar-refractivity contribution in [1.29, 1.82) is 0 Å². The topological polar surface area (TPSA) is 58.2 Å². The van der Waals surface area contributed by atoms with E-state index in [1.165, 1.54) is 19.3 Å². The van der Waals surface area contributed by atoms with Gasteiger partial charge in [-0.25, -0.2) is 0 Å². The van der Waals surface area contributed by atoms with Crippen molar-refractivity contribution >= 4 is 29.2 Å². The van der Waals surface area contributed by atoms with Crippen molar-refractivity contribution in [1.82, 2.24) is 10.6 Å². The quantitative estimate of drug-likeness (QED) is 0.766. The van der Waals surface area contributed by atoms with Crippen molar-refractivity contribution in [3.05, 3.63) is 63.5 Å². The van der Waals surface area contributed by atoms with E-state index in [-0.39, 0.29) is 17.9 Å². The summed E-state index contributed by atoms with van der Waals surface area (Å²) in [7, 11) is 0. The zero-order chi connectivity index (χ0) is 18.8. The SMILES string of the molecule is Cc1ccccc1C(=O)N/C(=C\c1cccs1)C(=O)N[C@@H]1C[C@H]2CC[C@@H]1C2. The molecule has 3 atom stereocenters. The predicted molar refractivity (Wildman–Crippen MR) is 108 cm³/mol. The van der Waals surface area contributed by atoms with Gasteiger partial charge in [-0.1, -0.05) is 30.7 Å². The largest absolute Gasteiger partial charge is 0.348 e. The third kappa shape index (κ3) is 3.98. The fourth-order valence-corrected chi connectivity index (χ4v) is 5.02. The highest BCUT2D eigenvalue weighted by Crippen LogP contribution is 2.44. The van der Waals surface area contributed by atoms with E-state index in [2.05, 4.69) is 10.6 Å². The van der Waals surface area contributed by atoms with Crippen LogP contribution in [0.4, 0.5) is 0 Å². The molecule has 2 N–H and O–H groups in total. The van der Waals surface area contributed by atoms with Gasteiger partial charge in [0, 0.05) is 16.5 Å². The Kier molecular flexibility index (Phi) is 5.12. The van der Waals surface area contributed by atoms with Crippen molar-refractivity contribution in [2.75, 3.05) is 0 Å². The van der Waals surface area contributed by atoms with E-state index < -0.39 is 0 Å². The first kappa shape index (κ1) is 18.0. The number of nitrogens with one attached hydrogen (secondary N) is 2. The molecular weight excluding hydrogens is 356 g/mol. The number of thiophene rings is 1. The molecule has 5 heteroatoms. The van der Waals surface area contributed by atoms with Crippen molar-refractivity contribution in [3.8, 4) is 0 Å². The van der Waals surface area contributed by atoms with Crippen LogP contribution in [0.5, 0.6) is 0 Å². The van der Waals surface area contributed by atoms with Crippen LogP contribution in [-0.4, -0.2) is 17.9 Å². The third-order valence-corrected chi connectivity index (χ3v) is 6.59. The van der Waals surface area contributed by atoms with Gasteiger partial charge in [0.15, 0.2) is 0 Å². The van der Waals surface area contributed by atoms with Gasteiger partial charge in [-0.2, -0.15) is 0 Å². The monoisotopic (exact) mass is 380 g/mol. The number of aryl methyl sites for hydroxylation is 1. The lowest BCUT2D eigenvalue weighted by Crippen LogP contribution is -2.42. The van der Waals surface area contributed by atoms with Crippen LogP contribution in [-0.2, 0) is 4.79 Å². The van der Waals surface area contributed by atoms with Crippen LogP contribution in [0.1, 0.15) is 46.5 Å². The molecule has 140 valence electrons.